The van der Waals surface area contributed by atoms with Crippen LogP contribution in [0.3, 0.4) is 0 Å². The van der Waals surface area contributed by atoms with Crippen molar-refractivity contribution < 1.29 is 4.39 Å². The van der Waals surface area contributed by atoms with Crippen LogP contribution in [0, 0.1) is 5.82 Å². The molecular weight excluding hydrogens is 277 g/mol. The van der Waals surface area contributed by atoms with Crippen molar-refractivity contribution in [3.63, 3.8) is 0 Å². The van der Waals surface area contributed by atoms with Gasteiger partial charge in [0, 0.05) is 6.54 Å². The maximum absolute atomic E-state index is 13.5. The molecule has 0 aliphatic heterocycles. The molecule has 0 aliphatic rings. The number of benzene rings is 2. The van der Waals surface area contributed by atoms with Crippen LogP contribution in [0.15, 0.2) is 48.7 Å². The van der Waals surface area contributed by atoms with Crippen molar-refractivity contribution in [3.05, 3.63) is 65.3 Å². The van der Waals surface area contributed by atoms with Crippen LogP contribution in [0.4, 0.5) is 10.2 Å². The van der Waals surface area contributed by atoms with Crippen molar-refractivity contribution in [2.75, 3.05) is 5.32 Å². The highest BCUT2D eigenvalue weighted by atomic mass is 35.5. The lowest BCUT2D eigenvalue weighted by Crippen LogP contribution is -2.05. The van der Waals surface area contributed by atoms with Gasteiger partial charge in [-0.3, -0.25) is 0 Å². The van der Waals surface area contributed by atoms with Gasteiger partial charge in [-0.15, -0.1) is 0 Å². The summed E-state index contributed by atoms with van der Waals surface area (Å²) >= 11 is 5.66. The van der Waals surface area contributed by atoms with E-state index in [1.54, 1.807) is 0 Å². The van der Waals surface area contributed by atoms with Crippen molar-refractivity contribution in [2.45, 2.75) is 6.54 Å². The minimum Gasteiger partial charge on any atom is -0.363 e. The highest BCUT2D eigenvalue weighted by molar-refractivity contribution is 6.28. The summed E-state index contributed by atoms with van der Waals surface area (Å²) in [5, 5.41) is 5.25. The summed E-state index contributed by atoms with van der Waals surface area (Å²) in [5.41, 5.74) is 1.07. The Kier molecular flexibility index (Phi) is 3.48. The van der Waals surface area contributed by atoms with Crippen molar-refractivity contribution in [1.82, 2.24) is 9.97 Å². The molecule has 0 saturated heterocycles. The van der Waals surface area contributed by atoms with Crippen LogP contribution >= 0.6 is 11.6 Å². The van der Waals surface area contributed by atoms with Gasteiger partial charge < -0.3 is 5.32 Å². The molecule has 0 atom stereocenters. The van der Waals surface area contributed by atoms with Gasteiger partial charge in [-0.2, -0.15) is 4.98 Å². The first kappa shape index (κ1) is 12.8. The summed E-state index contributed by atoms with van der Waals surface area (Å²) in [5.74, 6) is -0.410. The highest BCUT2D eigenvalue weighted by Crippen LogP contribution is 2.20. The van der Waals surface area contributed by atoms with Gasteiger partial charge in [0.1, 0.15) is 0 Å². The number of nitrogens with zero attached hydrogens (tertiary/aromatic N) is 2. The van der Waals surface area contributed by atoms with Crippen LogP contribution < -0.4 is 5.32 Å². The van der Waals surface area contributed by atoms with Crippen LogP contribution in [-0.4, -0.2) is 9.97 Å². The Bertz CT molecular complexity index is 756. The predicted octanol–water partition coefficient (Wildman–Crippen LogP) is 4.03. The van der Waals surface area contributed by atoms with Crippen molar-refractivity contribution in [1.29, 1.82) is 0 Å². The third kappa shape index (κ3) is 2.56. The molecule has 5 heteroatoms. The smallest absolute Gasteiger partial charge is 0.224 e. The van der Waals surface area contributed by atoms with Crippen LogP contribution in [0.25, 0.3) is 10.8 Å². The fourth-order valence-corrected chi connectivity index (χ4v) is 2.23. The monoisotopic (exact) mass is 287 g/mol. The van der Waals surface area contributed by atoms with Crippen LogP contribution in [0.5, 0.6) is 0 Å². The summed E-state index contributed by atoms with van der Waals surface area (Å²) in [6.07, 6.45) is 1.06. The molecular formula is C15H11ClFN3. The number of hydrogen-bond acceptors (Lipinski definition) is 3. The zero-order chi connectivity index (χ0) is 13.9. The van der Waals surface area contributed by atoms with E-state index in [0.29, 0.717) is 6.54 Å². The fourth-order valence-electron chi connectivity index (χ4n) is 2.10. The first-order valence-corrected chi connectivity index (χ1v) is 6.50. The number of halogens is 2. The van der Waals surface area contributed by atoms with Crippen LogP contribution in [0.1, 0.15) is 5.56 Å². The molecule has 2 aromatic carbocycles. The van der Waals surface area contributed by atoms with Gasteiger partial charge in [0.2, 0.25) is 5.28 Å². The van der Waals surface area contributed by atoms with Crippen molar-refractivity contribution >= 4 is 28.2 Å². The Labute approximate surface area is 120 Å². The molecule has 1 heterocycles. The zero-order valence-electron chi connectivity index (χ0n) is 10.5. The quantitative estimate of drug-likeness (QED) is 0.739. The molecule has 0 fully saturated rings. The molecule has 0 bridgehead atoms. The summed E-state index contributed by atoms with van der Waals surface area (Å²) < 4.78 is 13.5. The molecule has 0 radical (unpaired) electrons. The second-order valence-corrected chi connectivity index (χ2v) is 4.67. The molecule has 0 unspecified atom stereocenters. The number of aromatic nitrogens is 2. The molecule has 0 spiro atoms. The third-order valence-electron chi connectivity index (χ3n) is 3.04. The van der Waals surface area contributed by atoms with E-state index in [-0.39, 0.29) is 11.1 Å². The topological polar surface area (TPSA) is 37.8 Å². The first-order chi connectivity index (χ1) is 9.74. The lowest BCUT2D eigenvalue weighted by atomic mass is 10.0. The van der Waals surface area contributed by atoms with E-state index in [0.717, 1.165) is 22.5 Å². The molecule has 1 N–H and O–H groups in total. The van der Waals surface area contributed by atoms with E-state index in [4.69, 9.17) is 11.6 Å². The normalized spacial score (nSPS) is 10.7. The second-order valence-electron chi connectivity index (χ2n) is 4.33. The van der Waals surface area contributed by atoms with Gasteiger partial charge in [-0.1, -0.05) is 42.5 Å². The van der Waals surface area contributed by atoms with Gasteiger partial charge in [0.15, 0.2) is 11.6 Å². The predicted molar refractivity (Wildman–Crippen MR) is 78.3 cm³/mol. The molecule has 0 saturated carbocycles. The Hall–Kier alpha value is -2.20. The minimum absolute atomic E-state index is 0.0202. The van der Waals surface area contributed by atoms with Crippen molar-refractivity contribution in [3.8, 4) is 0 Å². The average Bonchev–Trinajstić information content (AvgIpc) is 2.48. The van der Waals surface area contributed by atoms with Crippen LogP contribution in [0.2, 0.25) is 5.28 Å². The van der Waals surface area contributed by atoms with Gasteiger partial charge >= 0.3 is 0 Å². The van der Waals surface area contributed by atoms with Gasteiger partial charge in [0.05, 0.1) is 6.20 Å². The Morgan fingerprint density at radius 3 is 2.80 bits per heavy atom. The SMILES string of the molecule is Fc1cnc(Cl)nc1NCc1cccc2ccccc12. The lowest BCUT2D eigenvalue weighted by molar-refractivity contribution is 0.616. The number of nitrogens with one attached hydrogen (secondary N) is 1. The molecule has 3 rings (SSSR count). The summed E-state index contributed by atoms with van der Waals surface area (Å²) in [4.78, 5) is 7.42. The molecule has 20 heavy (non-hydrogen) atoms. The highest BCUT2D eigenvalue weighted by Gasteiger charge is 2.06. The number of rotatable bonds is 3. The maximum atomic E-state index is 13.5. The van der Waals surface area contributed by atoms with Crippen LogP contribution in [-0.2, 0) is 6.54 Å². The molecule has 3 aromatic rings. The first-order valence-electron chi connectivity index (χ1n) is 6.12. The molecule has 1 aromatic heterocycles. The Balaban J connectivity index is 1.89. The van der Waals surface area contributed by atoms with E-state index in [1.165, 1.54) is 0 Å². The summed E-state index contributed by atoms with van der Waals surface area (Å²) in [6.45, 7) is 0.464. The molecule has 3 nitrogen and oxygen atoms in total. The van der Waals surface area contributed by atoms with E-state index < -0.39 is 5.82 Å². The fraction of sp³-hybridized carbons (Fsp3) is 0.0667. The molecule has 0 amide bonds. The standard InChI is InChI=1S/C15H11ClFN3/c16-15-19-9-13(17)14(20-15)18-8-11-6-3-5-10-4-1-2-7-12(10)11/h1-7,9H,8H2,(H,18,19,20). The van der Waals surface area contributed by atoms with Gasteiger partial charge in [-0.05, 0) is 27.9 Å². The summed E-state index contributed by atoms with van der Waals surface area (Å²) in [6, 6.07) is 14.1. The Morgan fingerprint density at radius 1 is 1.10 bits per heavy atom. The third-order valence-corrected chi connectivity index (χ3v) is 3.22. The van der Waals surface area contributed by atoms with E-state index >= 15 is 0 Å². The van der Waals surface area contributed by atoms with E-state index in [1.807, 2.05) is 42.5 Å². The van der Waals surface area contributed by atoms with Gasteiger partial charge in [-0.25, -0.2) is 9.37 Å². The van der Waals surface area contributed by atoms with E-state index in [2.05, 4.69) is 15.3 Å². The number of fused-ring (bicyclic) bond motifs is 1. The lowest BCUT2D eigenvalue weighted by Gasteiger charge is -2.09. The largest absolute Gasteiger partial charge is 0.363 e. The van der Waals surface area contributed by atoms with E-state index in [9.17, 15) is 4.39 Å². The second kappa shape index (κ2) is 5.43. The summed E-state index contributed by atoms with van der Waals surface area (Å²) in [7, 11) is 0. The Morgan fingerprint density at radius 2 is 1.90 bits per heavy atom. The van der Waals surface area contributed by atoms with Gasteiger partial charge in [0.25, 0.3) is 0 Å². The zero-order valence-corrected chi connectivity index (χ0v) is 11.2. The average molecular weight is 288 g/mol. The minimum atomic E-state index is -0.519. The molecule has 100 valence electrons. The number of hydrogen-bond donors (Lipinski definition) is 1. The number of anilines is 1. The maximum Gasteiger partial charge on any atom is 0.224 e. The molecule has 0 aliphatic carbocycles. The van der Waals surface area contributed by atoms with Crippen molar-refractivity contribution in [2.24, 2.45) is 0 Å².